The number of carbonyl (C=O) groups excluding carboxylic acids is 1. The summed E-state index contributed by atoms with van der Waals surface area (Å²) < 4.78 is 8.75. The fraction of sp³-hybridized carbons (Fsp3) is 0.333. The smallest absolute Gasteiger partial charge is 0.258 e. The van der Waals surface area contributed by atoms with Crippen molar-refractivity contribution in [1.29, 1.82) is 0 Å². The number of aromatic nitrogens is 1. The second-order valence-corrected chi connectivity index (χ2v) is 8.88. The molecule has 148 valence electrons. The highest BCUT2D eigenvalue weighted by Crippen LogP contribution is 2.23. The first-order valence-corrected chi connectivity index (χ1v) is 11.3. The van der Waals surface area contributed by atoms with Crippen molar-refractivity contribution in [1.82, 2.24) is 4.57 Å². The monoisotopic (exact) mass is 434 g/mol. The van der Waals surface area contributed by atoms with Crippen molar-refractivity contribution in [3.8, 4) is 0 Å². The number of amides is 1. The van der Waals surface area contributed by atoms with E-state index in [9.17, 15) is 4.79 Å². The summed E-state index contributed by atoms with van der Waals surface area (Å²) >= 11 is 8.92. The standard InChI is InChI=1S/C21H23ClN2O2S2/c1-4-26-10-9-24-18-11-14(2)15(3)12-19(18)28-21(24)23-20(25)13-27-17-7-5-16(22)6-8-17/h5-8,11-12H,4,9-10,13H2,1-3H3. The summed E-state index contributed by atoms with van der Waals surface area (Å²) in [6, 6.07) is 11.8. The van der Waals surface area contributed by atoms with E-state index in [1.54, 1.807) is 11.3 Å². The maximum Gasteiger partial charge on any atom is 0.258 e. The molecule has 3 rings (SSSR count). The molecular formula is C21H23ClN2O2S2. The summed E-state index contributed by atoms with van der Waals surface area (Å²) in [6.45, 7) is 8.12. The minimum atomic E-state index is -0.148. The van der Waals surface area contributed by atoms with Gasteiger partial charge >= 0.3 is 0 Å². The van der Waals surface area contributed by atoms with Crippen molar-refractivity contribution < 1.29 is 9.53 Å². The molecule has 1 amide bonds. The predicted molar refractivity (Wildman–Crippen MR) is 119 cm³/mol. The van der Waals surface area contributed by atoms with Crippen LogP contribution in [0, 0.1) is 13.8 Å². The van der Waals surface area contributed by atoms with Gasteiger partial charge in [-0.3, -0.25) is 4.79 Å². The van der Waals surface area contributed by atoms with Gasteiger partial charge in [0, 0.05) is 23.1 Å². The third kappa shape index (κ3) is 5.26. The average molecular weight is 435 g/mol. The van der Waals surface area contributed by atoms with Gasteiger partial charge in [-0.1, -0.05) is 22.9 Å². The van der Waals surface area contributed by atoms with Gasteiger partial charge in [-0.2, -0.15) is 4.99 Å². The number of fused-ring (bicyclic) bond motifs is 1. The lowest BCUT2D eigenvalue weighted by molar-refractivity contribution is -0.115. The number of rotatable bonds is 7. The molecule has 3 aromatic rings. The van der Waals surface area contributed by atoms with Gasteiger partial charge in [0.05, 0.1) is 22.6 Å². The highest BCUT2D eigenvalue weighted by molar-refractivity contribution is 8.00. The van der Waals surface area contributed by atoms with E-state index in [-0.39, 0.29) is 5.91 Å². The van der Waals surface area contributed by atoms with Crippen LogP contribution in [0.1, 0.15) is 18.1 Å². The van der Waals surface area contributed by atoms with Crippen molar-refractivity contribution in [2.75, 3.05) is 19.0 Å². The first-order chi connectivity index (χ1) is 13.5. The van der Waals surface area contributed by atoms with Crippen LogP contribution in [0.5, 0.6) is 0 Å². The largest absolute Gasteiger partial charge is 0.380 e. The van der Waals surface area contributed by atoms with Crippen molar-refractivity contribution >= 4 is 50.8 Å². The number of benzene rings is 2. The van der Waals surface area contributed by atoms with Crippen LogP contribution in [0.15, 0.2) is 46.3 Å². The molecule has 0 aliphatic heterocycles. The molecule has 0 aliphatic carbocycles. The Balaban J connectivity index is 1.87. The van der Waals surface area contributed by atoms with E-state index < -0.39 is 0 Å². The predicted octanol–water partition coefficient (Wildman–Crippen LogP) is 5.23. The van der Waals surface area contributed by atoms with E-state index >= 15 is 0 Å². The molecule has 0 atom stereocenters. The van der Waals surface area contributed by atoms with Crippen LogP contribution >= 0.6 is 34.7 Å². The van der Waals surface area contributed by atoms with Crippen LogP contribution in [-0.4, -0.2) is 29.4 Å². The third-order valence-electron chi connectivity index (χ3n) is 4.36. The highest BCUT2D eigenvalue weighted by Gasteiger charge is 2.10. The lowest BCUT2D eigenvalue weighted by Crippen LogP contribution is -2.20. The highest BCUT2D eigenvalue weighted by atomic mass is 35.5. The Morgan fingerprint density at radius 3 is 2.64 bits per heavy atom. The average Bonchev–Trinajstić information content (AvgIpc) is 2.98. The summed E-state index contributed by atoms with van der Waals surface area (Å²) in [7, 11) is 0. The number of aryl methyl sites for hydroxylation is 2. The fourth-order valence-corrected chi connectivity index (χ4v) is 4.70. The Morgan fingerprint density at radius 1 is 1.21 bits per heavy atom. The number of halogens is 1. The second kappa shape index (κ2) is 9.74. The zero-order valence-electron chi connectivity index (χ0n) is 16.2. The SMILES string of the molecule is CCOCCn1c(=NC(=O)CSc2ccc(Cl)cc2)sc2cc(C)c(C)cc21. The number of hydrogen-bond donors (Lipinski definition) is 0. The lowest BCUT2D eigenvalue weighted by Gasteiger charge is -2.07. The van der Waals surface area contributed by atoms with Gasteiger partial charge in [0.2, 0.25) is 0 Å². The Kier molecular flexibility index (Phi) is 7.35. The number of hydrogen-bond acceptors (Lipinski definition) is 4. The van der Waals surface area contributed by atoms with Crippen LogP contribution in [-0.2, 0) is 16.1 Å². The number of nitrogens with zero attached hydrogens (tertiary/aromatic N) is 2. The maximum atomic E-state index is 12.5. The zero-order valence-corrected chi connectivity index (χ0v) is 18.6. The normalized spacial score (nSPS) is 12.1. The van der Waals surface area contributed by atoms with E-state index in [4.69, 9.17) is 16.3 Å². The van der Waals surface area contributed by atoms with Gasteiger partial charge in [0.15, 0.2) is 4.80 Å². The van der Waals surface area contributed by atoms with Gasteiger partial charge in [-0.25, -0.2) is 0 Å². The molecular weight excluding hydrogens is 412 g/mol. The molecule has 0 bridgehead atoms. The van der Waals surface area contributed by atoms with Crippen LogP contribution < -0.4 is 4.80 Å². The molecule has 1 heterocycles. The number of thiazole rings is 1. The molecule has 28 heavy (non-hydrogen) atoms. The lowest BCUT2D eigenvalue weighted by atomic mass is 10.1. The fourth-order valence-electron chi connectivity index (χ4n) is 2.74. The first kappa shape index (κ1) is 21.1. The van der Waals surface area contributed by atoms with E-state index in [0.717, 1.165) is 19.9 Å². The Hall–Kier alpha value is -1.60. The number of carbonyl (C=O) groups is 1. The van der Waals surface area contributed by atoms with E-state index in [1.165, 1.54) is 22.9 Å². The number of thioether (sulfide) groups is 1. The van der Waals surface area contributed by atoms with Gasteiger partial charge in [-0.15, -0.1) is 11.8 Å². The molecule has 0 saturated carbocycles. The van der Waals surface area contributed by atoms with Gasteiger partial charge in [0.25, 0.3) is 5.91 Å². The molecule has 2 aromatic carbocycles. The minimum absolute atomic E-state index is 0.148. The third-order valence-corrected chi connectivity index (χ3v) is 6.65. The molecule has 7 heteroatoms. The van der Waals surface area contributed by atoms with Gasteiger partial charge < -0.3 is 9.30 Å². The van der Waals surface area contributed by atoms with Crippen molar-refractivity contribution in [3.63, 3.8) is 0 Å². The van der Waals surface area contributed by atoms with Crippen molar-refractivity contribution in [3.05, 3.63) is 57.3 Å². The van der Waals surface area contributed by atoms with E-state index in [2.05, 4.69) is 35.5 Å². The molecule has 1 aromatic heterocycles. The molecule has 4 nitrogen and oxygen atoms in total. The maximum absolute atomic E-state index is 12.5. The van der Waals surface area contributed by atoms with E-state index in [1.807, 2.05) is 31.2 Å². The molecule has 0 spiro atoms. The minimum Gasteiger partial charge on any atom is -0.380 e. The molecule has 0 unspecified atom stereocenters. The Morgan fingerprint density at radius 2 is 1.93 bits per heavy atom. The quantitative estimate of drug-likeness (QED) is 0.377. The summed E-state index contributed by atoms with van der Waals surface area (Å²) in [4.78, 5) is 18.6. The summed E-state index contributed by atoms with van der Waals surface area (Å²) in [5.41, 5.74) is 3.57. The van der Waals surface area contributed by atoms with E-state index in [0.29, 0.717) is 30.5 Å². The van der Waals surface area contributed by atoms with Crippen LogP contribution in [0.25, 0.3) is 10.2 Å². The Labute approximate surface area is 178 Å². The number of ether oxygens (including phenoxy) is 1. The molecule has 0 aliphatic rings. The molecule has 0 radical (unpaired) electrons. The van der Waals surface area contributed by atoms with Crippen LogP contribution in [0.2, 0.25) is 5.02 Å². The second-order valence-electron chi connectivity index (χ2n) is 6.39. The van der Waals surface area contributed by atoms with Crippen LogP contribution in [0.4, 0.5) is 0 Å². The Bertz CT molecular complexity index is 1040. The van der Waals surface area contributed by atoms with Gasteiger partial charge in [0.1, 0.15) is 0 Å². The van der Waals surface area contributed by atoms with Crippen molar-refractivity contribution in [2.45, 2.75) is 32.2 Å². The summed E-state index contributed by atoms with van der Waals surface area (Å²) in [5, 5.41) is 0.687. The molecule has 0 N–H and O–H groups in total. The van der Waals surface area contributed by atoms with Crippen LogP contribution in [0.3, 0.4) is 0 Å². The summed E-state index contributed by atoms with van der Waals surface area (Å²) in [6.07, 6.45) is 0. The van der Waals surface area contributed by atoms with Gasteiger partial charge in [-0.05, 0) is 68.3 Å². The summed E-state index contributed by atoms with van der Waals surface area (Å²) in [5.74, 6) is 0.143. The molecule has 0 fully saturated rings. The zero-order chi connectivity index (χ0) is 20.1. The molecule has 0 saturated heterocycles. The topological polar surface area (TPSA) is 43.6 Å². The van der Waals surface area contributed by atoms with Crippen molar-refractivity contribution in [2.24, 2.45) is 4.99 Å². The first-order valence-electron chi connectivity index (χ1n) is 9.12.